The minimum Gasteiger partial charge on any atom is -0.509 e. The number of nitrogens with zero attached hydrogens (tertiary/aromatic N) is 4. The first kappa shape index (κ1) is 29.9. The molecule has 2 aliphatic heterocycles. The van der Waals surface area contributed by atoms with Crippen LogP contribution >= 0.6 is 0 Å². The molecule has 0 fully saturated rings. The fourth-order valence-corrected chi connectivity index (χ4v) is 5.15. The van der Waals surface area contributed by atoms with Crippen molar-refractivity contribution in [2.24, 2.45) is 0 Å². The van der Waals surface area contributed by atoms with E-state index in [4.69, 9.17) is 4.74 Å². The SMILES string of the molecule is CN1[CH-]N(c2[c-]c(Oc3[c-]c(N4C=CN(c5ccc(C(C)(C)C)cc5)[CH-]4)ccc3)ccc2)c2ccccc2C1(C)C.[Pt+4]. The average Bonchev–Trinajstić information content (AvgIpc) is 3.46. The van der Waals surface area contributed by atoms with Gasteiger partial charge in [0.2, 0.25) is 0 Å². The third-order valence-electron chi connectivity index (χ3n) is 7.92. The molecule has 0 unspecified atom stereocenters. The molecule has 4 aromatic carbocycles. The molecule has 0 radical (unpaired) electrons. The largest absolute Gasteiger partial charge is 4.00 e. The zero-order chi connectivity index (χ0) is 28.8. The molecule has 4 aromatic rings. The molecule has 0 spiro atoms. The van der Waals surface area contributed by atoms with Gasteiger partial charge in [-0.1, -0.05) is 51.1 Å². The molecule has 6 heteroatoms. The average molecular weight is 736 g/mol. The zero-order valence-electron chi connectivity index (χ0n) is 24.9. The number of rotatable bonds is 5. The van der Waals surface area contributed by atoms with Gasteiger partial charge in [0.05, 0.1) is 0 Å². The van der Waals surface area contributed by atoms with Crippen LogP contribution in [0, 0.1) is 25.5 Å². The summed E-state index contributed by atoms with van der Waals surface area (Å²) in [5.74, 6) is 1.27. The van der Waals surface area contributed by atoms with Gasteiger partial charge in [-0.3, -0.25) is 0 Å². The quantitative estimate of drug-likeness (QED) is 0.191. The summed E-state index contributed by atoms with van der Waals surface area (Å²) in [6, 6.07) is 36.0. The molecule has 0 aliphatic carbocycles. The van der Waals surface area contributed by atoms with E-state index < -0.39 is 0 Å². The molecule has 0 aromatic heterocycles. The van der Waals surface area contributed by atoms with Crippen molar-refractivity contribution < 1.29 is 25.8 Å². The molecule has 0 saturated carbocycles. The van der Waals surface area contributed by atoms with Crippen LogP contribution in [0.2, 0.25) is 0 Å². The number of hydrogen-bond acceptors (Lipinski definition) is 5. The Balaban J connectivity index is 0.00000353. The molecule has 0 atom stereocenters. The summed E-state index contributed by atoms with van der Waals surface area (Å²) < 4.78 is 6.28. The molecule has 0 saturated heterocycles. The molecule has 42 heavy (non-hydrogen) atoms. The van der Waals surface area contributed by atoms with Gasteiger partial charge in [-0.25, -0.2) is 0 Å². The van der Waals surface area contributed by atoms with Crippen LogP contribution in [-0.2, 0) is 32.0 Å². The molecular formula is C36H36N4OPt. The van der Waals surface area contributed by atoms with Gasteiger partial charge in [-0.05, 0) is 68.0 Å². The van der Waals surface area contributed by atoms with E-state index in [0.29, 0.717) is 11.5 Å². The van der Waals surface area contributed by atoms with Crippen LogP contribution in [0.3, 0.4) is 0 Å². The Morgan fingerprint density at radius 2 is 1.33 bits per heavy atom. The monoisotopic (exact) mass is 735 g/mol. The van der Waals surface area contributed by atoms with Crippen molar-refractivity contribution in [3.05, 3.63) is 134 Å². The van der Waals surface area contributed by atoms with Crippen LogP contribution < -0.4 is 19.4 Å². The van der Waals surface area contributed by atoms with Gasteiger partial charge in [-0.15, -0.1) is 54.4 Å². The maximum absolute atomic E-state index is 6.28. The fraction of sp³-hybridized carbons (Fsp3) is 0.222. The van der Waals surface area contributed by atoms with Gasteiger partial charge in [0.1, 0.15) is 0 Å². The van der Waals surface area contributed by atoms with E-state index >= 15 is 0 Å². The first-order valence-electron chi connectivity index (χ1n) is 14.0. The second-order valence-corrected chi connectivity index (χ2v) is 12.1. The van der Waals surface area contributed by atoms with Gasteiger partial charge in [0.25, 0.3) is 0 Å². The van der Waals surface area contributed by atoms with E-state index in [2.05, 4.69) is 143 Å². The number of ether oxygens (including phenoxy) is 1. The van der Waals surface area contributed by atoms with Gasteiger partial charge in [-0.2, -0.15) is 18.8 Å². The van der Waals surface area contributed by atoms with Gasteiger partial charge in [0.15, 0.2) is 0 Å². The maximum Gasteiger partial charge on any atom is 4.00 e. The molecule has 0 bridgehead atoms. The third-order valence-corrected chi connectivity index (χ3v) is 7.92. The normalized spacial score (nSPS) is 16.3. The minimum atomic E-state index is -0.108. The van der Waals surface area contributed by atoms with Gasteiger partial charge in [0, 0.05) is 28.4 Å². The predicted octanol–water partition coefficient (Wildman–Crippen LogP) is 8.73. The van der Waals surface area contributed by atoms with Crippen molar-refractivity contribution in [2.45, 2.75) is 45.6 Å². The molecular weight excluding hydrogens is 700 g/mol. The van der Waals surface area contributed by atoms with E-state index in [1.165, 1.54) is 11.1 Å². The summed E-state index contributed by atoms with van der Waals surface area (Å²) >= 11 is 0. The Bertz CT molecular complexity index is 1570. The number of fused-ring (bicyclic) bond motifs is 1. The Hall–Kier alpha value is -3.53. The first-order valence-corrected chi connectivity index (χ1v) is 14.0. The van der Waals surface area contributed by atoms with Crippen LogP contribution in [0.15, 0.2) is 97.3 Å². The van der Waals surface area contributed by atoms with E-state index in [9.17, 15) is 0 Å². The number of hydrogen-bond donors (Lipinski definition) is 0. The topological polar surface area (TPSA) is 22.2 Å². The molecule has 216 valence electrons. The predicted molar refractivity (Wildman–Crippen MR) is 168 cm³/mol. The second kappa shape index (κ2) is 11.6. The van der Waals surface area contributed by atoms with Crippen LogP contribution in [-0.4, -0.2) is 11.9 Å². The summed E-state index contributed by atoms with van der Waals surface area (Å²) in [6.07, 6.45) is 4.08. The zero-order valence-corrected chi connectivity index (χ0v) is 27.2. The number of anilines is 4. The van der Waals surface area contributed by atoms with Crippen molar-refractivity contribution in [3.63, 3.8) is 0 Å². The van der Waals surface area contributed by atoms with E-state index in [1.807, 2.05) is 41.4 Å². The first-order chi connectivity index (χ1) is 19.6. The Kier molecular flexibility index (Phi) is 8.29. The molecule has 0 amide bonds. The van der Waals surface area contributed by atoms with E-state index in [0.717, 1.165) is 22.7 Å². The standard InChI is InChI=1S/C36H36N4O.Pt/c1-35(2,3)27-17-19-28(20-18-27)38-21-22-39(26-38)29-11-9-13-31(23-29)41-32-14-10-12-30(24-32)40-25-37(6)36(4,5)33-15-7-8-16-34(33)40;/h7-22,25-26H,1-6H3;/q-4;+4. The van der Waals surface area contributed by atoms with Gasteiger partial charge >= 0.3 is 21.1 Å². The molecule has 0 N–H and O–H groups in total. The van der Waals surface area contributed by atoms with E-state index in [-0.39, 0.29) is 32.0 Å². The van der Waals surface area contributed by atoms with Crippen LogP contribution in [0.4, 0.5) is 22.7 Å². The van der Waals surface area contributed by atoms with Crippen LogP contribution in [0.5, 0.6) is 11.5 Å². The van der Waals surface area contributed by atoms with Crippen molar-refractivity contribution in [1.82, 2.24) is 4.90 Å². The minimum absolute atomic E-state index is 0. The Morgan fingerprint density at radius 3 is 2.02 bits per heavy atom. The second-order valence-electron chi connectivity index (χ2n) is 12.1. The summed E-state index contributed by atoms with van der Waals surface area (Å²) in [5, 5.41) is 0. The maximum atomic E-state index is 6.28. The van der Waals surface area contributed by atoms with Crippen molar-refractivity contribution in [1.29, 1.82) is 0 Å². The third kappa shape index (κ3) is 5.86. The summed E-state index contributed by atoms with van der Waals surface area (Å²) in [6.45, 7) is 15.3. The Morgan fingerprint density at radius 1 is 0.714 bits per heavy atom. The Labute approximate surface area is 265 Å². The van der Waals surface area contributed by atoms with Crippen LogP contribution in [0.1, 0.15) is 45.7 Å². The van der Waals surface area contributed by atoms with Crippen LogP contribution in [0.25, 0.3) is 0 Å². The van der Waals surface area contributed by atoms with Gasteiger partial charge < -0.3 is 24.3 Å². The van der Waals surface area contributed by atoms with Crippen molar-refractivity contribution >= 4 is 22.7 Å². The van der Waals surface area contributed by atoms with Crippen molar-refractivity contribution in [3.8, 4) is 11.5 Å². The smallest absolute Gasteiger partial charge is 0.509 e. The van der Waals surface area contributed by atoms with Crippen molar-refractivity contribution in [2.75, 3.05) is 21.7 Å². The molecule has 6 rings (SSSR count). The summed E-state index contributed by atoms with van der Waals surface area (Å²) in [7, 11) is 2.11. The summed E-state index contributed by atoms with van der Waals surface area (Å²) in [5.41, 5.74) is 6.67. The molecule has 2 heterocycles. The van der Waals surface area contributed by atoms with E-state index in [1.54, 1.807) is 0 Å². The molecule has 5 nitrogen and oxygen atoms in total. The fourth-order valence-electron chi connectivity index (χ4n) is 5.15. The number of para-hydroxylation sites is 1. The summed E-state index contributed by atoms with van der Waals surface area (Å²) in [4.78, 5) is 8.55. The molecule has 2 aliphatic rings. The number of benzene rings is 4.